The van der Waals surface area contributed by atoms with Crippen LogP contribution in [0.1, 0.15) is 25.3 Å². The van der Waals surface area contributed by atoms with Crippen LogP contribution in [-0.2, 0) is 33.1 Å². The lowest BCUT2D eigenvalue weighted by Gasteiger charge is -2.27. The van der Waals surface area contributed by atoms with Crippen molar-refractivity contribution < 1.29 is 27.3 Å². The molecule has 11 heteroatoms. The lowest BCUT2D eigenvalue weighted by atomic mass is 9.94. The van der Waals surface area contributed by atoms with Gasteiger partial charge in [-0.2, -0.15) is 19.4 Å². The largest absolute Gasteiger partial charge is 0.501 e. The van der Waals surface area contributed by atoms with Crippen molar-refractivity contribution in [3.63, 3.8) is 0 Å². The number of methoxy groups -OCH3 is 1. The molecular weight excluding hydrogens is 422 g/mol. The predicted molar refractivity (Wildman–Crippen MR) is 112 cm³/mol. The van der Waals surface area contributed by atoms with Crippen LogP contribution in [0.25, 0.3) is 0 Å². The van der Waals surface area contributed by atoms with E-state index in [0.29, 0.717) is 11.3 Å². The summed E-state index contributed by atoms with van der Waals surface area (Å²) in [4.78, 5) is 27.6. The number of carbonyl (C=O) groups excluding carboxylic acids is 2. The number of allylic oxidation sites excluding steroid dienone is 2. The van der Waals surface area contributed by atoms with Crippen molar-refractivity contribution in [2.75, 3.05) is 20.3 Å². The van der Waals surface area contributed by atoms with Crippen molar-refractivity contribution >= 4 is 27.7 Å². The highest BCUT2D eigenvalue weighted by Gasteiger charge is 2.48. The Morgan fingerprint density at radius 1 is 1.32 bits per heavy atom. The van der Waals surface area contributed by atoms with Crippen molar-refractivity contribution in [1.29, 1.82) is 0 Å². The molecule has 0 spiro atoms. The van der Waals surface area contributed by atoms with Gasteiger partial charge < -0.3 is 4.74 Å². The van der Waals surface area contributed by atoms with Gasteiger partial charge in [0, 0.05) is 31.5 Å². The molecule has 4 rings (SSSR count). The van der Waals surface area contributed by atoms with Gasteiger partial charge in [-0.05, 0) is 38.0 Å². The molecule has 0 saturated heterocycles. The van der Waals surface area contributed by atoms with Crippen LogP contribution in [0.5, 0.6) is 0 Å². The minimum atomic E-state index is -3.77. The second-order valence-electron chi connectivity index (χ2n) is 8.34. The molecule has 1 N–H and O–H groups in total. The van der Waals surface area contributed by atoms with Gasteiger partial charge >= 0.3 is 11.9 Å². The Labute approximate surface area is 180 Å². The summed E-state index contributed by atoms with van der Waals surface area (Å²) in [5.41, 5.74) is 0.720. The summed E-state index contributed by atoms with van der Waals surface area (Å²) in [5.74, 6) is -1.35. The molecule has 0 bridgehead atoms. The highest BCUT2D eigenvalue weighted by molar-refractivity contribution is 7.93. The van der Waals surface area contributed by atoms with Crippen LogP contribution in [0, 0.1) is 5.92 Å². The number of rotatable bonds is 8. The van der Waals surface area contributed by atoms with E-state index < -0.39 is 33.4 Å². The number of fused-ring (bicyclic) bond motifs is 1. The van der Waals surface area contributed by atoms with Gasteiger partial charge in [0.25, 0.3) is 0 Å². The van der Waals surface area contributed by atoms with Gasteiger partial charge in [0.1, 0.15) is 24.7 Å². The van der Waals surface area contributed by atoms with Gasteiger partial charge in [0.05, 0.1) is 17.7 Å². The van der Waals surface area contributed by atoms with Gasteiger partial charge in [0.15, 0.2) is 0 Å². The third kappa shape index (κ3) is 4.25. The molecule has 31 heavy (non-hydrogen) atoms. The van der Waals surface area contributed by atoms with Crippen molar-refractivity contribution in [3.8, 4) is 0 Å². The van der Waals surface area contributed by atoms with Crippen LogP contribution in [0.3, 0.4) is 0 Å². The van der Waals surface area contributed by atoms with E-state index in [1.807, 2.05) is 6.92 Å². The number of amides is 3. The molecule has 10 nitrogen and oxygen atoms in total. The minimum absolute atomic E-state index is 0.0325. The number of aromatic nitrogens is 2. The Kier molecular flexibility index (Phi) is 5.44. The summed E-state index contributed by atoms with van der Waals surface area (Å²) < 4.78 is 36.6. The number of aryl methyl sites for hydroxylation is 1. The maximum atomic E-state index is 13.3. The first-order valence-corrected chi connectivity index (χ1v) is 11.5. The first-order valence-electron chi connectivity index (χ1n) is 10.0. The highest BCUT2D eigenvalue weighted by Crippen LogP contribution is 2.36. The molecule has 0 radical (unpaired) electrons. The monoisotopic (exact) mass is 448 g/mol. The molecule has 1 aliphatic heterocycles. The summed E-state index contributed by atoms with van der Waals surface area (Å²) in [7, 11) is -0.497. The summed E-state index contributed by atoms with van der Waals surface area (Å²) in [6.45, 7) is 2.42. The molecular formula is C20H26N5O5S+. The Morgan fingerprint density at radius 3 is 2.68 bits per heavy atom. The lowest BCUT2D eigenvalue weighted by molar-refractivity contribution is -0.444. The first-order chi connectivity index (χ1) is 14.6. The van der Waals surface area contributed by atoms with E-state index in [9.17, 15) is 18.0 Å². The molecule has 0 aromatic carbocycles. The number of urea groups is 1. The molecule has 3 amide bonds. The fourth-order valence-corrected chi connectivity index (χ4v) is 5.22. The van der Waals surface area contributed by atoms with Gasteiger partial charge in [-0.25, -0.2) is 17.9 Å². The quantitative estimate of drug-likeness (QED) is 0.580. The zero-order chi connectivity index (χ0) is 22.4. The Bertz CT molecular complexity index is 1130. The molecule has 1 saturated carbocycles. The SMILES string of the molecule is COCC[N+]1=C2C=CC(S(=O)(=O)NC3(C)CC3)=CC2C(=O)N(Cc2cnn(C)c2)C1=O. The first kappa shape index (κ1) is 21.6. The average Bonchev–Trinajstić information content (AvgIpc) is 3.28. The molecule has 1 atom stereocenters. The number of hydrogen-bond donors (Lipinski definition) is 1. The third-order valence-corrected chi connectivity index (χ3v) is 7.34. The highest BCUT2D eigenvalue weighted by atomic mass is 32.2. The van der Waals surface area contributed by atoms with E-state index in [4.69, 9.17) is 4.74 Å². The van der Waals surface area contributed by atoms with E-state index in [0.717, 1.165) is 17.7 Å². The van der Waals surface area contributed by atoms with Crippen LogP contribution in [0.2, 0.25) is 0 Å². The number of imide groups is 1. The maximum absolute atomic E-state index is 13.3. The van der Waals surface area contributed by atoms with Gasteiger partial charge in [-0.1, -0.05) is 0 Å². The standard InChI is InChI=1S/C20H26N5O5S/c1-20(6-7-20)22-31(28,29)15-4-5-17-16(10-15)18(26)25(13-14-11-21-23(2)12-14)19(27)24(17)8-9-30-3/h4-5,10-12,16,22H,6-9,13H2,1-3H3/q+1. The molecule has 1 unspecified atom stereocenters. The summed E-state index contributed by atoms with van der Waals surface area (Å²) >= 11 is 0. The van der Waals surface area contributed by atoms with Crippen LogP contribution in [0.4, 0.5) is 4.79 Å². The number of hydrogen-bond acceptors (Lipinski definition) is 6. The van der Waals surface area contributed by atoms with Crippen molar-refractivity contribution in [2.45, 2.75) is 31.8 Å². The fraction of sp³-hybridized carbons (Fsp3) is 0.500. The van der Waals surface area contributed by atoms with E-state index in [-0.39, 0.29) is 24.6 Å². The minimum Gasteiger partial charge on any atom is -0.381 e. The fourth-order valence-electron chi connectivity index (χ4n) is 3.69. The van der Waals surface area contributed by atoms with Crippen LogP contribution >= 0.6 is 0 Å². The van der Waals surface area contributed by atoms with Crippen molar-refractivity contribution in [2.24, 2.45) is 13.0 Å². The second-order valence-corrected chi connectivity index (χ2v) is 10.0. The molecule has 2 aliphatic carbocycles. The molecule has 1 aromatic rings. The molecule has 166 valence electrons. The van der Waals surface area contributed by atoms with E-state index in [2.05, 4.69) is 9.82 Å². The van der Waals surface area contributed by atoms with E-state index >= 15 is 0 Å². The zero-order valence-electron chi connectivity index (χ0n) is 17.7. The third-order valence-electron chi connectivity index (χ3n) is 5.68. The van der Waals surface area contributed by atoms with Gasteiger partial charge in [-0.15, -0.1) is 0 Å². The Hall–Kier alpha value is -2.63. The number of nitrogens with zero attached hydrogens (tertiary/aromatic N) is 4. The molecule has 1 fully saturated rings. The molecule has 1 aromatic heterocycles. The average molecular weight is 449 g/mol. The number of sulfonamides is 1. The normalized spacial score (nSPS) is 22.6. The summed E-state index contributed by atoms with van der Waals surface area (Å²) in [5, 5.41) is 4.08. The predicted octanol–water partition coefficient (Wildman–Crippen LogP) is 0.524. The Balaban J connectivity index is 1.70. The smallest absolute Gasteiger partial charge is 0.381 e. The Morgan fingerprint density at radius 2 is 2.06 bits per heavy atom. The number of ether oxygens (including phenoxy) is 1. The summed E-state index contributed by atoms with van der Waals surface area (Å²) in [6.07, 6.45) is 9.28. The second kappa shape index (κ2) is 7.81. The maximum Gasteiger partial charge on any atom is 0.501 e. The number of carbonyl (C=O) groups is 2. The summed E-state index contributed by atoms with van der Waals surface area (Å²) in [6, 6.07) is -0.467. The molecule has 2 heterocycles. The van der Waals surface area contributed by atoms with Crippen LogP contribution < -0.4 is 4.72 Å². The van der Waals surface area contributed by atoms with Gasteiger partial charge in [0.2, 0.25) is 10.0 Å². The zero-order valence-corrected chi connectivity index (χ0v) is 18.6. The number of nitrogens with one attached hydrogen (secondary N) is 1. The lowest BCUT2D eigenvalue weighted by Crippen LogP contribution is -2.54. The van der Waals surface area contributed by atoms with E-state index in [1.54, 1.807) is 30.2 Å². The van der Waals surface area contributed by atoms with Crippen LogP contribution in [-0.4, -0.2) is 71.1 Å². The topological polar surface area (TPSA) is 114 Å². The molecule has 3 aliphatic rings. The van der Waals surface area contributed by atoms with Crippen molar-refractivity contribution in [3.05, 3.63) is 41.1 Å². The van der Waals surface area contributed by atoms with Crippen LogP contribution in [0.15, 0.2) is 35.5 Å². The van der Waals surface area contributed by atoms with Gasteiger partial charge in [-0.3, -0.25) is 4.68 Å². The van der Waals surface area contributed by atoms with E-state index in [1.165, 1.54) is 23.8 Å². The van der Waals surface area contributed by atoms with Crippen molar-refractivity contribution in [1.82, 2.24) is 19.4 Å².